The second-order valence-electron chi connectivity index (χ2n) is 6.97. The molecule has 24 heavy (non-hydrogen) atoms. The molecule has 0 aliphatic heterocycles. The number of halogens is 1. The summed E-state index contributed by atoms with van der Waals surface area (Å²) in [6, 6.07) is 3.86. The van der Waals surface area contributed by atoms with Gasteiger partial charge >= 0.3 is 12.1 Å². The third-order valence-electron chi connectivity index (χ3n) is 3.41. The summed E-state index contributed by atoms with van der Waals surface area (Å²) in [6.45, 7) is 8.17. The van der Waals surface area contributed by atoms with Crippen LogP contribution in [-0.2, 0) is 19.7 Å². The van der Waals surface area contributed by atoms with Gasteiger partial charge in [-0.25, -0.2) is 14.0 Å². The van der Waals surface area contributed by atoms with Crippen molar-refractivity contribution in [2.24, 2.45) is 0 Å². The minimum absolute atomic E-state index is 0.0639. The largest absolute Gasteiger partial charge is 0.467 e. The number of methoxy groups -OCH3 is 1. The van der Waals surface area contributed by atoms with Crippen LogP contribution in [0.2, 0.25) is 0 Å². The summed E-state index contributed by atoms with van der Waals surface area (Å²) in [5.41, 5.74) is -1.59. The van der Waals surface area contributed by atoms with E-state index in [0.717, 1.165) is 13.2 Å². The standard InChI is InChI=1S/C17H24FNO5/c1-16(2,3)24-15(22)19-10-7-8-12(18)11(9-10)17(4,5)13(20)14(21)23-6/h7-9,13,20H,1-6H3,(H,19,22). The van der Waals surface area contributed by atoms with Crippen molar-refractivity contribution in [3.05, 3.63) is 29.6 Å². The molecule has 0 saturated heterocycles. The average molecular weight is 341 g/mol. The first kappa shape index (κ1) is 19.9. The molecule has 1 amide bonds. The highest BCUT2D eigenvalue weighted by Gasteiger charge is 2.38. The van der Waals surface area contributed by atoms with E-state index in [0.29, 0.717) is 0 Å². The maximum absolute atomic E-state index is 14.2. The van der Waals surface area contributed by atoms with Crippen molar-refractivity contribution in [3.63, 3.8) is 0 Å². The maximum Gasteiger partial charge on any atom is 0.412 e. The molecule has 1 aromatic rings. The van der Waals surface area contributed by atoms with Crippen LogP contribution < -0.4 is 5.32 Å². The van der Waals surface area contributed by atoms with E-state index in [4.69, 9.17) is 4.74 Å². The Morgan fingerprint density at radius 1 is 1.21 bits per heavy atom. The van der Waals surface area contributed by atoms with Gasteiger partial charge in [0.2, 0.25) is 0 Å². The predicted octanol–water partition coefficient (Wildman–Crippen LogP) is 2.98. The highest BCUT2D eigenvalue weighted by Crippen LogP contribution is 2.32. The monoisotopic (exact) mass is 341 g/mol. The minimum atomic E-state index is -1.56. The van der Waals surface area contributed by atoms with Crippen molar-refractivity contribution >= 4 is 17.7 Å². The highest BCUT2D eigenvalue weighted by atomic mass is 19.1. The Balaban J connectivity index is 3.10. The van der Waals surface area contributed by atoms with Crippen LogP contribution in [0.4, 0.5) is 14.9 Å². The molecule has 2 N–H and O–H groups in total. The molecule has 1 rings (SSSR count). The number of benzene rings is 1. The predicted molar refractivity (Wildman–Crippen MR) is 87.3 cm³/mol. The third kappa shape index (κ3) is 4.92. The zero-order chi connectivity index (χ0) is 18.7. The van der Waals surface area contributed by atoms with Crippen LogP contribution in [0.25, 0.3) is 0 Å². The van der Waals surface area contributed by atoms with E-state index in [-0.39, 0.29) is 11.3 Å². The Bertz CT molecular complexity index is 622. The number of carbonyl (C=O) groups excluding carboxylic acids is 2. The Hall–Kier alpha value is -2.15. The second-order valence-corrected chi connectivity index (χ2v) is 6.97. The zero-order valence-corrected chi connectivity index (χ0v) is 14.8. The number of hydrogen-bond donors (Lipinski definition) is 2. The summed E-state index contributed by atoms with van der Waals surface area (Å²) in [4.78, 5) is 23.4. The molecule has 0 saturated carbocycles. The van der Waals surface area contributed by atoms with Crippen molar-refractivity contribution < 1.29 is 28.6 Å². The van der Waals surface area contributed by atoms with Gasteiger partial charge in [0.05, 0.1) is 7.11 Å². The molecule has 134 valence electrons. The normalized spacial score (nSPS) is 13.2. The maximum atomic E-state index is 14.2. The van der Waals surface area contributed by atoms with Gasteiger partial charge in [0, 0.05) is 11.1 Å². The number of ether oxygens (including phenoxy) is 2. The van der Waals surface area contributed by atoms with Gasteiger partial charge in [-0.3, -0.25) is 5.32 Å². The van der Waals surface area contributed by atoms with Crippen LogP contribution in [0.5, 0.6) is 0 Å². The fourth-order valence-electron chi connectivity index (χ4n) is 2.07. The molecule has 1 unspecified atom stereocenters. The first-order chi connectivity index (χ1) is 10.9. The number of carbonyl (C=O) groups is 2. The first-order valence-corrected chi connectivity index (χ1v) is 7.44. The molecule has 0 fully saturated rings. The number of anilines is 1. The number of hydrogen-bond acceptors (Lipinski definition) is 5. The number of aliphatic hydroxyl groups is 1. The number of esters is 1. The van der Waals surface area contributed by atoms with Gasteiger partial charge in [-0.1, -0.05) is 13.8 Å². The van der Waals surface area contributed by atoms with E-state index in [1.807, 2.05) is 0 Å². The fraction of sp³-hybridized carbons (Fsp3) is 0.529. The smallest absolute Gasteiger partial charge is 0.412 e. The first-order valence-electron chi connectivity index (χ1n) is 7.44. The molecule has 7 heteroatoms. The number of amides is 1. The zero-order valence-electron chi connectivity index (χ0n) is 14.8. The van der Waals surface area contributed by atoms with Crippen molar-refractivity contribution in [2.45, 2.75) is 51.7 Å². The summed E-state index contributed by atoms with van der Waals surface area (Å²) < 4.78 is 23.8. The Kier molecular flexibility index (Phi) is 5.94. The van der Waals surface area contributed by atoms with Gasteiger partial charge in [0.25, 0.3) is 0 Å². The fourth-order valence-corrected chi connectivity index (χ4v) is 2.07. The molecule has 1 aromatic carbocycles. The number of rotatable bonds is 4. The van der Waals surface area contributed by atoms with Crippen LogP contribution in [0.1, 0.15) is 40.2 Å². The highest BCUT2D eigenvalue weighted by molar-refractivity contribution is 5.85. The van der Waals surface area contributed by atoms with Crippen LogP contribution in [0.3, 0.4) is 0 Å². The van der Waals surface area contributed by atoms with Gasteiger partial charge in [0.1, 0.15) is 11.4 Å². The Morgan fingerprint density at radius 3 is 2.29 bits per heavy atom. The lowest BCUT2D eigenvalue weighted by atomic mass is 9.79. The van der Waals surface area contributed by atoms with Crippen molar-refractivity contribution in [3.8, 4) is 0 Å². The van der Waals surface area contributed by atoms with Gasteiger partial charge in [-0.15, -0.1) is 0 Å². The van der Waals surface area contributed by atoms with E-state index in [1.54, 1.807) is 20.8 Å². The summed E-state index contributed by atoms with van der Waals surface area (Å²) in [6.07, 6.45) is -2.25. The molecule has 0 aliphatic carbocycles. The summed E-state index contributed by atoms with van der Waals surface area (Å²) in [5, 5.41) is 12.6. The minimum Gasteiger partial charge on any atom is -0.467 e. The summed E-state index contributed by atoms with van der Waals surface area (Å²) in [5.74, 6) is -1.48. The van der Waals surface area contributed by atoms with Crippen molar-refractivity contribution in [1.82, 2.24) is 0 Å². The molecule has 0 aliphatic rings. The summed E-state index contributed by atoms with van der Waals surface area (Å²) in [7, 11) is 1.14. The lowest BCUT2D eigenvalue weighted by Gasteiger charge is -2.30. The number of aliphatic hydroxyl groups excluding tert-OH is 1. The molecule has 0 heterocycles. The second kappa shape index (κ2) is 7.17. The van der Waals surface area contributed by atoms with Crippen molar-refractivity contribution in [1.29, 1.82) is 0 Å². The Labute approximate surface area is 141 Å². The molecule has 0 radical (unpaired) electrons. The van der Waals surface area contributed by atoms with Gasteiger partial charge < -0.3 is 14.6 Å². The lowest BCUT2D eigenvalue weighted by molar-refractivity contribution is -0.153. The molecule has 6 nitrogen and oxygen atoms in total. The molecular formula is C17H24FNO5. The average Bonchev–Trinajstić information content (AvgIpc) is 2.45. The molecule has 0 bridgehead atoms. The van der Waals surface area contributed by atoms with Crippen molar-refractivity contribution in [2.75, 3.05) is 12.4 Å². The van der Waals surface area contributed by atoms with Gasteiger partial charge in [-0.05, 0) is 44.5 Å². The van der Waals surface area contributed by atoms with Crippen LogP contribution in [0.15, 0.2) is 18.2 Å². The van der Waals surface area contributed by atoms with Crippen LogP contribution >= 0.6 is 0 Å². The van der Waals surface area contributed by atoms with E-state index < -0.39 is 35.0 Å². The molecule has 1 atom stereocenters. The quantitative estimate of drug-likeness (QED) is 0.823. The number of nitrogens with one attached hydrogen (secondary N) is 1. The molecule has 0 spiro atoms. The van der Waals surface area contributed by atoms with Crippen LogP contribution in [-0.4, -0.2) is 36.0 Å². The van der Waals surface area contributed by atoms with E-state index in [9.17, 15) is 19.1 Å². The van der Waals surface area contributed by atoms with E-state index >= 15 is 0 Å². The summed E-state index contributed by atoms with van der Waals surface area (Å²) >= 11 is 0. The lowest BCUT2D eigenvalue weighted by Crippen LogP contribution is -2.41. The Morgan fingerprint density at radius 2 is 1.79 bits per heavy atom. The third-order valence-corrected chi connectivity index (χ3v) is 3.41. The van der Waals surface area contributed by atoms with E-state index in [1.165, 1.54) is 26.0 Å². The molecule has 0 aromatic heterocycles. The topological polar surface area (TPSA) is 84.9 Å². The molecular weight excluding hydrogens is 317 g/mol. The van der Waals surface area contributed by atoms with Crippen LogP contribution in [0, 0.1) is 5.82 Å². The van der Waals surface area contributed by atoms with Gasteiger partial charge in [0.15, 0.2) is 6.10 Å². The van der Waals surface area contributed by atoms with E-state index in [2.05, 4.69) is 10.1 Å². The van der Waals surface area contributed by atoms with Gasteiger partial charge in [-0.2, -0.15) is 0 Å². The SMILES string of the molecule is COC(=O)C(O)C(C)(C)c1cc(NC(=O)OC(C)(C)C)ccc1F.